The molecule has 0 aromatic carbocycles. The molecule has 1 aliphatic rings. The van der Waals surface area contributed by atoms with E-state index in [2.05, 4.69) is 0 Å². The predicted octanol–water partition coefficient (Wildman–Crippen LogP) is 2.61. The van der Waals surface area contributed by atoms with Crippen LogP contribution in [-0.4, -0.2) is 37.9 Å². The molecule has 0 saturated carbocycles. The van der Waals surface area contributed by atoms with Gasteiger partial charge in [-0.15, -0.1) is 0 Å². The SMILES string of the molecule is CCOC(=O)CC(=O)CCCCCOC1CCCCO1. The van der Waals surface area contributed by atoms with E-state index >= 15 is 0 Å². The molecule has 0 amide bonds. The number of Topliss-reactive ketones (excluding diaryl/α,β-unsaturated/α-hetero) is 1. The van der Waals surface area contributed by atoms with Gasteiger partial charge in [0.25, 0.3) is 0 Å². The van der Waals surface area contributed by atoms with Crippen LogP contribution in [0.3, 0.4) is 0 Å². The van der Waals surface area contributed by atoms with Crippen molar-refractivity contribution < 1.29 is 23.8 Å². The molecule has 116 valence electrons. The van der Waals surface area contributed by atoms with Crippen molar-refractivity contribution >= 4 is 11.8 Å². The summed E-state index contributed by atoms with van der Waals surface area (Å²) in [5.41, 5.74) is 0. The van der Waals surface area contributed by atoms with Crippen LogP contribution in [0.2, 0.25) is 0 Å². The maximum atomic E-state index is 11.5. The van der Waals surface area contributed by atoms with Crippen LogP contribution in [0, 0.1) is 0 Å². The number of unbranched alkanes of at least 4 members (excludes halogenated alkanes) is 2. The van der Waals surface area contributed by atoms with Crippen LogP contribution < -0.4 is 0 Å². The third-order valence-corrected chi connectivity index (χ3v) is 3.19. The molecule has 1 fully saturated rings. The van der Waals surface area contributed by atoms with E-state index in [1.807, 2.05) is 0 Å². The number of rotatable bonds is 10. The fourth-order valence-corrected chi connectivity index (χ4v) is 2.12. The maximum Gasteiger partial charge on any atom is 0.313 e. The number of hydrogen-bond donors (Lipinski definition) is 0. The Labute approximate surface area is 121 Å². The number of hydrogen-bond acceptors (Lipinski definition) is 5. The lowest BCUT2D eigenvalue weighted by Gasteiger charge is -2.22. The van der Waals surface area contributed by atoms with E-state index < -0.39 is 5.97 Å². The van der Waals surface area contributed by atoms with E-state index in [1.165, 1.54) is 6.42 Å². The summed E-state index contributed by atoms with van der Waals surface area (Å²) < 4.78 is 15.8. The monoisotopic (exact) mass is 286 g/mol. The first-order chi connectivity index (χ1) is 9.72. The minimum atomic E-state index is -0.421. The third-order valence-electron chi connectivity index (χ3n) is 3.19. The molecule has 5 nitrogen and oxygen atoms in total. The molecular weight excluding hydrogens is 260 g/mol. The highest BCUT2D eigenvalue weighted by molar-refractivity contribution is 5.95. The van der Waals surface area contributed by atoms with Gasteiger partial charge in [0, 0.05) is 19.6 Å². The summed E-state index contributed by atoms with van der Waals surface area (Å²) in [4.78, 5) is 22.5. The smallest absolute Gasteiger partial charge is 0.313 e. The number of carbonyl (C=O) groups is 2. The molecule has 1 heterocycles. The molecule has 1 atom stereocenters. The predicted molar refractivity (Wildman–Crippen MR) is 74.3 cm³/mol. The summed E-state index contributed by atoms with van der Waals surface area (Å²) in [7, 11) is 0. The number of carbonyl (C=O) groups excluding carboxylic acids is 2. The Morgan fingerprint density at radius 2 is 2.05 bits per heavy atom. The number of ketones is 1. The lowest BCUT2D eigenvalue weighted by Crippen LogP contribution is -2.22. The van der Waals surface area contributed by atoms with Crippen LogP contribution in [0.1, 0.15) is 58.3 Å². The zero-order valence-electron chi connectivity index (χ0n) is 12.4. The van der Waals surface area contributed by atoms with Gasteiger partial charge in [0.1, 0.15) is 12.2 Å². The summed E-state index contributed by atoms with van der Waals surface area (Å²) >= 11 is 0. The van der Waals surface area contributed by atoms with Crippen molar-refractivity contribution in [3.8, 4) is 0 Å². The molecule has 1 aliphatic heterocycles. The molecule has 1 rings (SSSR count). The normalized spacial score (nSPS) is 18.8. The molecule has 1 saturated heterocycles. The molecule has 0 radical (unpaired) electrons. The van der Waals surface area contributed by atoms with Crippen molar-refractivity contribution in [1.29, 1.82) is 0 Å². The van der Waals surface area contributed by atoms with Gasteiger partial charge in [0.15, 0.2) is 6.29 Å². The Hall–Kier alpha value is -0.940. The summed E-state index contributed by atoms with van der Waals surface area (Å²) in [6, 6.07) is 0. The molecule has 0 aromatic rings. The van der Waals surface area contributed by atoms with Gasteiger partial charge >= 0.3 is 5.97 Å². The van der Waals surface area contributed by atoms with Crippen LogP contribution in [0.5, 0.6) is 0 Å². The zero-order valence-corrected chi connectivity index (χ0v) is 12.4. The second-order valence-electron chi connectivity index (χ2n) is 5.00. The number of ether oxygens (including phenoxy) is 3. The first-order valence-corrected chi connectivity index (χ1v) is 7.63. The van der Waals surface area contributed by atoms with Gasteiger partial charge in [0.05, 0.1) is 6.61 Å². The second-order valence-corrected chi connectivity index (χ2v) is 5.00. The van der Waals surface area contributed by atoms with Crippen molar-refractivity contribution in [3.63, 3.8) is 0 Å². The van der Waals surface area contributed by atoms with Crippen molar-refractivity contribution in [2.45, 2.75) is 64.6 Å². The van der Waals surface area contributed by atoms with E-state index in [0.717, 1.165) is 38.7 Å². The van der Waals surface area contributed by atoms with Crippen LogP contribution in [-0.2, 0) is 23.8 Å². The van der Waals surface area contributed by atoms with Gasteiger partial charge in [-0.05, 0) is 39.0 Å². The summed E-state index contributed by atoms with van der Waals surface area (Å²) in [5.74, 6) is -0.463. The average Bonchev–Trinajstić information content (AvgIpc) is 2.44. The van der Waals surface area contributed by atoms with Crippen LogP contribution in [0.4, 0.5) is 0 Å². The van der Waals surface area contributed by atoms with Gasteiger partial charge < -0.3 is 14.2 Å². The van der Waals surface area contributed by atoms with E-state index in [1.54, 1.807) is 6.92 Å². The van der Waals surface area contributed by atoms with Crippen LogP contribution in [0.15, 0.2) is 0 Å². The molecule has 20 heavy (non-hydrogen) atoms. The Balaban J connectivity index is 1.91. The van der Waals surface area contributed by atoms with Crippen molar-refractivity contribution in [2.75, 3.05) is 19.8 Å². The third kappa shape index (κ3) is 8.27. The molecule has 0 spiro atoms. The highest BCUT2D eigenvalue weighted by Crippen LogP contribution is 2.14. The molecule has 1 unspecified atom stereocenters. The second kappa shape index (κ2) is 10.8. The Kier molecular flexibility index (Phi) is 9.24. The summed E-state index contributed by atoms with van der Waals surface area (Å²) in [6.45, 7) is 3.54. The molecule has 0 aromatic heterocycles. The summed E-state index contributed by atoms with van der Waals surface area (Å²) in [5, 5.41) is 0. The fraction of sp³-hybridized carbons (Fsp3) is 0.867. The fourth-order valence-electron chi connectivity index (χ4n) is 2.12. The van der Waals surface area contributed by atoms with E-state index in [0.29, 0.717) is 19.6 Å². The minimum absolute atomic E-state index is 0.0332. The van der Waals surface area contributed by atoms with E-state index in [4.69, 9.17) is 14.2 Å². The Bertz CT molecular complexity index is 284. The molecule has 5 heteroatoms. The minimum Gasteiger partial charge on any atom is -0.466 e. The van der Waals surface area contributed by atoms with Gasteiger partial charge in [-0.3, -0.25) is 9.59 Å². The highest BCUT2D eigenvalue weighted by Gasteiger charge is 2.13. The first-order valence-electron chi connectivity index (χ1n) is 7.63. The van der Waals surface area contributed by atoms with Gasteiger partial charge in [0.2, 0.25) is 0 Å². The van der Waals surface area contributed by atoms with E-state index in [-0.39, 0.29) is 18.5 Å². The Morgan fingerprint density at radius 1 is 1.20 bits per heavy atom. The highest BCUT2D eigenvalue weighted by atomic mass is 16.7. The topological polar surface area (TPSA) is 61.8 Å². The Morgan fingerprint density at radius 3 is 2.75 bits per heavy atom. The van der Waals surface area contributed by atoms with Crippen molar-refractivity contribution in [2.24, 2.45) is 0 Å². The largest absolute Gasteiger partial charge is 0.466 e. The maximum absolute atomic E-state index is 11.5. The molecule has 0 aliphatic carbocycles. The first kappa shape index (κ1) is 17.1. The van der Waals surface area contributed by atoms with Gasteiger partial charge in [-0.25, -0.2) is 0 Å². The zero-order chi connectivity index (χ0) is 14.6. The average molecular weight is 286 g/mol. The van der Waals surface area contributed by atoms with Crippen molar-refractivity contribution in [1.82, 2.24) is 0 Å². The quantitative estimate of drug-likeness (QED) is 0.351. The molecule has 0 bridgehead atoms. The van der Waals surface area contributed by atoms with E-state index in [9.17, 15) is 9.59 Å². The molecular formula is C15H26O5. The van der Waals surface area contributed by atoms with Crippen LogP contribution >= 0.6 is 0 Å². The van der Waals surface area contributed by atoms with Gasteiger partial charge in [-0.1, -0.05) is 6.42 Å². The lowest BCUT2D eigenvalue weighted by molar-refractivity contribution is -0.162. The van der Waals surface area contributed by atoms with Crippen molar-refractivity contribution in [3.05, 3.63) is 0 Å². The van der Waals surface area contributed by atoms with Crippen LogP contribution in [0.25, 0.3) is 0 Å². The molecule has 0 N–H and O–H groups in total. The summed E-state index contributed by atoms with van der Waals surface area (Å²) in [6.07, 6.45) is 6.25. The number of esters is 1. The standard InChI is InChI=1S/C15H26O5/c1-2-18-14(17)12-13(16)8-4-3-6-10-19-15-9-5-7-11-20-15/h15H,2-12H2,1H3. The van der Waals surface area contributed by atoms with Gasteiger partial charge in [-0.2, -0.15) is 0 Å². The lowest BCUT2D eigenvalue weighted by atomic mass is 10.1.